The molecule has 2 heterocycles. The quantitative estimate of drug-likeness (QED) is 0.639. The van der Waals surface area contributed by atoms with Crippen LogP contribution >= 0.6 is 11.3 Å². The maximum atomic E-state index is 12.4. The summed E-state index contributed by atoms with van der Waals surface area (Å²) in [7, 11) is 0. The van der Waals surface area contributed by atoms with Crippen molar-refractivity contribution >= 4 is 27.5 Å². The van der Waals surface area contributed by atoms with Gasteiger partial charge in [0, 0.05) is 18.6 Å². The number of hydrogen-bond acceptors (Lipinski definition) is 4. The van der Waals surface area contributed by atoms with E-state index in [0.717, 1.165) is 23.1 Å². The molecule has 1 aliphatic rings. The number of ether oxygens (including phenoxy) is 2. The van der Waals surface area contributed by atoms with Crippen LogP contribution < -0.4 is 14.3 Å². The number of carbonyl (C=O) groups is 1. The van der Waals surface area contributed by atoms with E-state index in [1.165, 1.54) is 16.9 Å². The van der Waals surface area contributed by atoms with Crippen molar-refractivity contribution in [2.75, 3.05) is 6.79 Å². The molecule has 4 rings (SSSR count). The summed E-state index contributed by atoms with van der Waals surface area (Å²) in [5.41, 5.74) is 2.13. The molecule has 0 N–H and O–H groups in total. The molecule has 0 spiro atoms. The van der Waals surface area contributed by atoms with Crippen LogP contribution in [0.4, 0.5) is 0 Å². The molecule has 136 valence electrons. The highest BCUT2D eigenvalue weighted by Crippen LogP contribution is 2.36. The number of aromatic nitrogens is 1. The van der Waals surface area contributed by atoms with Gasteiger partial charge in [-0.1, -0.05) is 47.6 Å². The zero-order valence-corrected chi connectivity index (χ0v) is 15.5. The summed E-state index contributed by atoms with van der Waals surface area (Å²) in [6.07, 6.45) is 7.55. The summed E-state index contributed by atoms with van der Waals surface area (Å²) < 4.78 is 13.7. The zero-order valence-electron chi connectivity index (χ0n) is 14.7. The molecule has 0 atom stereocenters. The Morgan fingerprint density at radius 2 is 2.00 bits per heavy atom. The smallest absolute Gasteiger partial charge is 0.248 e. The summed E-state index contributed by atoms with van der Waals surface area (Å²) in [6.45, 7) is 0.564. The normalized spacial score (nSPS) is 13.1. The van der Waals surface area contributed by atoms with Crippen molar-refractivity contribution in [1.82, 2.24) is 4.57 Å². The minimum Gasteiger partial charge on any atom is -0.454 e. The lowest BCUT2D eigenvalue weighted by molar-refractivity contribution is -0.118. The van der Waals surface area contributed by atoms with Crippen molar-refractivity contribution in [3.8, 4) is 23.8 Å². The lowest BCUT2D eigenvalue weighted by atomic mass is 10.1. The van der Waals surface area contributed by atoms with Crippen molar-refractivity contribution in [2.24, 2.45) is 4.99 Å². The maximum absolute atomic E-state index is 12.4. The fraction of sp³-hybridized carbons (Fsp3) is 0.238. The average Bonchev–Trinajstić information content (AvgIpc) is 3.25. The molecule has 0 aliphatic carbocycles. The van der Waals surface area contributed by atoms with E-state index < -0.39 is 0 Å². The Hall–Kier alpha value is -3.04. The highest BCUT2D eigenvalue weighted by molar-refractivity contribution is 7.16. The molecule has 1 aromatic heterocycles. The number of rotatable bonds is 5. The van der Waals surface area contributed by atoms with Crippen LogP contribution in [0.25, 0.3) is 10.2 Å². The van der Waals surface area contributed by atoms with Crippen LogP contribution in [0.5, 0.6) is 11.5 Å². The van der Waals surface area contributed by atoms with Gasteiger partial charge in [0.15, 0.2) is 16.3 Å². The van der Waals surface area contributed by atoms with Crippen LogP contribution in [0.15, 0.2) is 47.5 Å². The second kappa shape index (κ2) is 7.68. The molecule has 0 unspecified atom stereocenters. The van der Waals surface area contributed by atoms with Crippen LogP contribution in [0.3, 0.4) is 0 Å². The van der Waals surface area contributed by atoms with E-state index in [-0.39, 0.29) is 12.7 Å². The molecule has 0 radical (unpaired) electrons. The Bertz CT molecular complexity index is 1090. The van der Waals surface area contributed by atoms with Crippen molar-refractivity contribution in [3.05, 3.63) is 52.8 Å². The van der Waals surface area contributed by atoms with Crippen molar-refractivity contribution in [3.63, 3.8) is 0 Å². The number of hydrogen-bond donors (Lipinski definition) is 0. The van der Waals surface area contributed by atoms with Crippen LogP contribution in [0, 0.1) is 12.3 Å². The minimum atomic E-state index is -0.136. The fourth-order valence-electron chi connectivity index (χ4n) is 3.04. The molecule has 3 aromatic rings. The van der Waals surface area contributed by atoms with Gasteiger partial charge in [-0.25, -0.2) is 0 Å². The number of nitrogens with zero attached hydrogens (tertiary/aromatic N) is 2. The number of fused-ring (bicyclic) bond motifs is 2. The van der Waals surface area contributed by atoms with Gasteiger partial charge in [0.1, 0.15) is 0 Å². The first-order valence-electron chi connectivity index (χ1n) is 8.72. The first-order valence-corrected chi connectivity index (χ1v) is 9.54. The zero-order chi connectivity index (χ0) is 18.6. The van der Waals surface area contributed by atoms with Crippen molar-refractivity contribution < 1.29 is 14.3 Å². The molecule has 0 saturated heterocycles. The SMILES string of the molecule is C#CCn1c(=NC(=O)CCCc2ccccc2)sc2cc3c(cc21)OCO3. The van der Waals surface area contributed by atoms with E-state index >= 15 is 0 Å². The Kier molecular flexibility index (Phi) is 4.95. The minimum absolute atomic E-state index is 0.136. The van der Waals surface area contributed by atoms with Gasteiger partial charge in [-0.15, -0.1) is 6.42 Å². The van der Waals surface area contributed by atoms with Gasteiger partial charge in [0.05, 0.1) is 16.8 Å². The summed E-state index contributed by atoms with van der Waals surface area (Å²) in [5, 5.41) is 0. The number of carbonyl (C=O) groups excluding carboxylic acids is 1. The second-order valence-electron chi connectivity index (χ2n) is 6.19. The third-order valence-electron chi connectivity index (χ3n) is 4.35. The molecule has 27 heavy (non-hydrogen) atoms. The van der Waals surface area contributed by atoms with E-state index in [0.29, 0.717) is 29.3 Å². The van der Waals surface area contributed by atoms with Crippen LogP contribution in [0.2, 0.25) is 0 Å². The first kappa shape index (κ1) is 17.4. The van der Waals surface area contributed by atoms with Gasteiger partial charge in [-0.3, -0.25) is 4.79 Å². The van der Waals surface area contributed by atoms with Gasteiger partial charge in [-0.2, -0.15) is 4.99 Å². The number of terminal acetylenes is 1. The number of thiazole rings is 1. The molecule has 6 heteroatoms. The monoisotopic (exact) mass is 378 g/mol. The predicted molar refractivity (Wildman–Crippen MR) is 105 cm³/mol. The molecule has 5 nitrogen and oxygen atoms in total. The molecule has 0 fully saturated rings. The second-order valence-corrected chi connectivity index (χ2v) is 7.20. The predicted octanol–water partition coefficient (Wildman–Crippen LogP) is 3.51. The average molecular weight is 378 g/mol. The Labute approximate surface area is 160 Å². The topological polar surface area (TPSA) is 52.8 Å². The molecule has 0 saturated carbocycles. The summed E-state index contributed by atoms with van der Waals surface area (Å²) >= 11 is 1.43. The number of benzene rings is 2. The van der Waals surface area contributed by atoms with Gasteiger partial charge in [0.2, 0.25) is 12.7 Å². The Morgan fingerprint density at radius 1 is 1.22 bits per heavy atom. The molecular formula is C21H18N2O3S. The molecule has 1 amide bonds. The molecule has 2 aromatic carbocycles. The number of aryl methyl sites for hydroxylation is 1. The van der Waals surface area contributed by atoms with E-state index in [2.05, 4.69) is 23.0 Å². The van der Waals surface area contributed by atoms with Crippen LogP contribution in [0.1, 0.15) is 18.4 Å². The molecule has 1 aliphatic heterocycles. The first-order chi connectivity index (χ1) is 13.2. The third kappa shape index (κ3) is 3.74. The maximum Gasteiger partial charge on any atom is 0.248 e. The molecule has 0 bridgehead atoms. The highest BCUT2D eigenvalue weighted by atomic mass is 32.1. The lowest BCUT2D eigenvalue weighted by Gasteiger charge is -2.01. The third-order valence-corrected chi connectivity index (χ3v) is 5.39. The highest BCUT2D eigenvalue weighted by Gasteiger charge is 2.17. The summed E-state index contributed by atoms with van der Waals surface area (Å²) in [4.78, 5) is 17.3. The van der Waals surface area contributed by atoms with E-state index in [4.69, 9.17) is 15.9 Å². The van der Waals surface area contributed by atoms with Gasteiger partial charge >= 0.3 is 0 Å². The van der Waals surface area contributed by atoms with E-state index in [1.54, 1.807) is 0 Å². The van der Waals surface area contributed by atoms with Crippen LogP contribution in [-0.4, -0.2) is 17.3 Å². The van der Waals surface area contributed by atoms with E-state index in [9.17, 15) is 4.79 Å². The largest absolute Gasteiger partial charge is 0.454 e. The van der Waals surface area contributed by atoms with Gasteiger partial charge < -0.3 is 14.0 Å². The summed E-state index contributed by atoms with van der Waals surface area (Å²) in [6, 6.07) is 13.9. The van der Waals surface area contributed by atoms with Gasteiger partial charge in [-0.05, 0) is 18.4 Å². The van der Waals surface area contributed by atoms with Crippen molar-refractivity contribution in [2.45, 2.75) is 25.8 Å². The number of amides is 1. The standard InChI is InChI=1S/C21H18N2O3S/c1-2-11-23-16-12-17-18(26-14-25-17)13-19(16)27-21(23)22-20(24)10-6-9-15-7-4-3-5-8-15/h1,3-5,7-8,12-13H,6,9-11,14H2. The van der Waals surface area contributed by atoms with Gasteiger partial charge in [0.25, 0.3) is 0 Å². The van der Waals surface area contributed by atoms with Crippen LogP contribution in [-0.2, 0) is 17.8 Å². The van der Waals surface area contributed by atoms with Crippen molar-refractivity contribution in [1.29, 1.82) is 0 Å². The molecular weight excluding hydrogens is 360 g/mol. The van der Waals surface area contributed by atoms with E-state index in [1.807, 2.05) is 34.9 Å². The Balaban J connectivity index is 1.57. The fourth-order valence-corrected chi connectivity index (χ4v) is 4.10. The lowest BCUT2D eigenvalue weighted by Crippen LogP contribution is -2.16. The summed E-state index contributed by atoms with van der Waals surface area (Å²) in [5.74, 6) is 3.89. The Morgan fingerprint density at radius 3 is 2.78 bits per heavy atom.